The number of esters is 4. The first-order chi connectivity index (χ1) is 54.1. The number of phosphoric acid groups is 2. The lowest BCUT2D eigenvalue weighted by Gasteiger charge is -2.21. The molecule has 0 aromatic heterocycles. The average molecular weight is 1630 g/mol. The van der Waals surface area contributed by atoms with Gasteiger partial charge in [0.1, 0.15) is 19.3 Å². The minimum absolute atomic E-state index is 0.107. The van der Waals surface area contributed by atoms with Crippen molar-refractivity contribution in [1.82, 2.24) is 0 Å². The number of ether oxygens (including phenoxy) is 4. The van der Waals surface area contributed by atoms with Crippen LogP contribution in [-0.4, -0.2) is 96.7 Å². The molecule has 0 aliphatic heterocycles. The van der Waals surface area contributed by atoms with Crippen molar-refractivity contribution in [1.29, 1.82) is 0 Å². The summed E-state index contributed by atoms with van der Waals surface area (Å²) >= 11 is 0. The third kappa shape index (κ3) is 84.5. The molecule has 0 rings (SSSR count). The Morgan fingerprint density at radius 3 is 0.634 bits per heavy atom. The monoisotopic (exact) mass is 1630 g/mol. The number of carbonyl (C=O) groups excluding carboxylic acids is 4. The summed E-state index contributed by atoms with van der Waals surface area (Å²) in [6.07, 6.45) is 73.7. The molecule has 0 saturated heterocycles. The maximum atomic E-state index is 13.2. The van der Waals surface area contributed by atoms with Gasteiger partial charge in [0.15, 0.2) is 12.2 Å². The van der Waals surface area contributed by atoms with Crippen LogP contribution in [0.25, 0.3) is 0 Å². The maximum absolute atomic E-state index is 13.2. The highest BCUT2D eigenvalue weighted by molar-refractivity contribution is 7.47. The van der Waals surface area contributed by atoms with E-state index in [2.05, 4.69) is 55.4 Å². The first kappa shape index (κ1) is 110. The predicted octanol–water partition coefficient (Wildman–Crippen LogP) is 28.7. The SMILES string of the molecule is CCC(C)CCCCCCCCCCCCCCCCCCCCC(=O)O[C@H](COC(=O)CCCCCCCCCCCCCCCCCCCCC(C)C)COP(=O)(O)OC[C@@H](O)COP(=O)(O)OC[C@@H](COC(=O)CCCCCCCCCCCC(C)C)OC(=O)CCCCCCCCCCCCCCCCC(C)C. The van der Waals surface area contributed by atoms with Crippen LogP contribution in [0, 0.1) is 23.7 Å². The number of hydrogen-bond donors (Lipinski definition) is 3. The van der Waals surface area contributed by atoms with Gasteiger partial charge in [0.05, 0.1) is 26.4 Å². The highest BCUT2D eigenvalue weighted by Crippen LogP contribution is 2.45. The number of unbranched alkanes of at least 4 members (excludes halogenated alkanes) is 55. The Bertz CT molecular complexity index is 2170. The fraction of sp³-hybridized carbons (Fsp3) is 0.957. The number of aliphatic hydroxyl groups is 1. The molecule has 0 aromatic rings. The molecule has 0 saturated carbocycles. The zero-order valence-electron chi connectivity index (χ0n) is 74.3. The van der Waals surface area contributed by atoms with Gasteiger partial charge in [-0.1, -0.05) is 441 Å². The highest BCUT2D eigenvalue weighted by atomic mass is 31.2. The second-order valence-corrected chi connectivity index (χ2v) is 38.0. The average Bonchev–Trinajstić information content (AvgIpc) is 0.896. The number of phosphoric ester groups is 2. The van der Waals surface area contributed by atoms with Crippen molar-refractivity contribution >= 4 is 39.5 Å². The van der Waals surface area contributed by atoms with Gasteiger partial charge in [-0.15, -0.1) is 0 Å². The fourth-order valence-corrected chi connectivity index (χ4v) is 16.1. The third-order valence-corrected chi connectivity index (χ3v) is 24.1. The molecule has 666 valence electrons. The largest absolute Gasteiger partial charge is 0.472 e. The topological polar surface area (TPSA) is 237 Å². The lowest BCUT2D eigenvalue weighted by Crippen LogP contribution is -2.30. The highest BCUT2D eigenvalue weighted by Gasteiger charge is 2.31. The van der Waals surface area contributed by atoms with E-state index >= 15 is 0 Å². The van der Waals surface area contributed by atoms with Crippen molar-refractivity contribution in [3.63, 3.8) is 0 Å². The van der Waals surface area contributed by atoms with Crippen molar-refractivity contribution in [2.24, 2.45) is 23.7 Å². The molecule has 19 heteroatoms. The summed E-state index contributed by atoms with van der Waals surface area (Å²) in [4.78, 5) is 73.5. The molecule has 0 heterocycles. The van der Waals surface area contributed by atoms with Crippen LogP contribution in [0.15, 0.2) is 0 Å². The summed E-state index contributed by atoms with van der Waals surface area (Å²) in [5, 5.41) is 10.7. The minimum Gasteiger partial charge on any atom is -0.462 e. The predicted molar refractivity (Wildman–Crippen MR) is 464 cm³/mol. The van der Waals surface area contributed by atoms with Crippen molar-refractivity contribution in [2.45, 2.75) is 510 Å². The van der Waals surface area contributed by atoms with Gasteiger partial charge in [0.25, 0.3) is 0 Å². The molecule has 3 N–H and O–H groups in total. The molecule has 17 nitrogen and oxygen atoms in total. The molecular weight excluding hydrogens is 1450 g/mol. The van der Waals surface area contributed by atoms with E-state index in [1.165, 1.54) is 295 Å². The molecule has 0 bridgehead atoms. The first-order valence-electron chi connectivity index (χ1n) is 47.7. The zero-order valence-corrected chi connectivity index (χ0v) is 76.1. The number of carbonyl (C=O) groups is 4. The normalized spacial score (nSPS) is 14.1. The molecule has 112 heavy (non-hydrogen) atoms. The van der Waals surface area contributed by atoms with E-state index in [4.69, 9.17) is 37.0 Å². The number of aliphatic hydroxyl groups excluding tert-OH is 1. The lowest BCUT2D eigenvalue weighted by molar-refractivity contribution is -0.161. The van der Waals surface area contributed by atoms with Crippen molar-refractivity contribution in [3.8, 4) is 0 Å². The Balaban J connectivity index is 5.25. The van der Waals surface area contributed by atoms with Crippen molar-refractivity contribution in [2.75, 3.05) is 39.6 Å². The van der Waals surface area contributed by atoms with Crippen LogP contribution in [0.2, 0.25) is 0 Å². The van der Waals surface area contributed by atoms with Gasteiger partial charge in [-0.05, 0) is 49.4 Å². The third-order valence-electron chi connectivity index (χ3n) is 22.2. The minimum atomic E-state index is -4.97. The molecule has 0 aliphatic carbocycles. The molecule has 0 spiro atoms. The van der Waals surface area contributed by atoms with Gasteiger partial charge in [0.2, 0.25) is 0 Å². The Labute approximate surface area is 689 Å². The van der Waals surface area contributed by atoms with E-state index in [1.807, 2.05) is 0 Å². The Morgan fingerprint density at radius 2 is 0.429 bits per heavy atom. The Morgan fingerprint density at radius 1 is 0.250 bits per heavy atom. The molecule has 0 aliphatic rings. The summed E-state index contributed by atoms with van der Waals surface area (Å²) in [6, 6.07) is 0. The molecule has 0 fully saturated rings. The van der Waals surface area contributed by atoms with Crippen molar-refractivity contribution in [3.05, 3.63) is 0 Å². The molecule has 0 amide bonds. The molecule has 0 radical (unpaired) electrons. The van der Waals surface area contributed by atoms with Crippen LogP contribution in [0.1, 0.15) is 492 Å². The van der Waals surface area contributed by atoms with Crippen LogP contribution in [-0.2, 0) is 65.4 Å². The van der Waals surface area contributed by atoms with Gasteiger partial charge < -0.3 is 33.8 Å². The Kier molecular flexibility index (Phi) is 80.0. The van der Waals surface area contributed by atoms with Crippen LogP contribution >= 0.6 is 15.6 Å². The zero-order chi connectivity index (χ0) is 82.3. The second kappa shape index (κ2) is 81.4. The second-order valence-electron chi connectivity index (χ2n) is 35.1. The summed E-state index contributed by atoms with van der Waals surface area (Å²) in [5.74, 6) is 1.13. The first-order valence-corrected chi connectivity index (χ1v) is 50.7. The quantitative estimate of drug-likeness (QED) is 0.0222. The number of hydrogen-bond acceptors (Lipinski definition) is 15. The fourth-order valence-electron chi connectivity index (χ4n) is 14.5. The van der Waals surface area contributed by atoms with Gasteiger partial charge in [0, 0.05) is 25.7 Å². The van der Waals surface area contributed by atoms with Gasteiger partial charge in [-0.2, -0.15) is 0 Å². The maximum Gasteiger partial charge on any atom is 0.472 e. The molecule has 3 unspecified atom stereocenters. The van der Waals surface area contributed by atoms with E-state index in [1.54, 1.807) is 0 Å². The van der Waals surface area contributed by atoms with E-state index in [0.29, 0.717) is 25.7 Å². The molecule has 6 atom stereocenters. The van der Waals surface area contributed by atoms with Crippen LogP contribution < -0.4 is 0 Å². The van der Waals surface area contributed by atoms with Gasteiger partial charge in [-0.25, -0.2) is 9.13 Å². The van der Waals surface area contributed by atoms with Crippen LogP contribution in [0.5, 0.6) is 0 Å². The summed E-state index contributed by atoms with van der Waals surface area (Å²) in [6.45, 7) is 14.4. The van der Waals surface area contributed by atoms with E-state index < -0.39 is 97.5 Å². The van der Waals surface area contributed by atoms with Crippen molar-refractivity contribution < 1.29 is 80.2 Å². The summed E-state index contributed by atoms with van der Waals surface area (Å²) < 4.78 is 69.1. The van der Waals surface area contributed by atoms with Gasteiger partial charge in [-0.3, -0.25) is 37.3 Å². The molecule has 0 aromatic carbocycles. The standard InChI is InChI=1S/C93H182O17P2/c1-9-86(8)72-64-56-48-40-32-26-19-15-11-13-17-21-28-34-42-51-59-67-75-92(97)109-88(79-103-90(95)73-65-57-49-41-33-27-20-16-12-10-14-18-24-30-37-45-53-61-69-83(2)3)81-107-111(99,100)105-77-87(94)78-106-112(101,102)108-82-89(80-104-91(96)74-66-58-50-44-36-39-47-55-63-71-85(6)7)110-93(98)76-68-60-52-43-35-29-23-22-25-31-38-46-54-62-70-84(4)5/h83-89,94H,9-82H2,1-8H3,(H,99,100)(H,101,102)/t86?,87-,88-,89-/m1/s1. The van der Waals surface area contributed by atoms with Crippen LogP contribution in [0.3, 0.4) is 0 Å². The smallest absolute Gasteiger partial charge is 0.462 e. The molecular formula is C93H182O17P2. The van der Waals surface area contributed by atoms with Gasteiger partial charge >= 0.3 is 39.5 Å². The lowest BCUT2D eigenvalue weighted by atomic mass is 9.99. The number of rotatable bonds is 90. The van der Waals surface area contributed by atoms with E-state index in [9.17, 15) is 43.2 Å². The summed E-state index contributed by atoms with van der Waals surface area (Å²) in [7, 11) is -9.94. The van der Waals surface area contributed by atoms with Crippen LogP contribution in [0.4, 0.5) is 0 Å². The summed E-state index contributed by atoms with van der Waals surface area (Å²) in [5.41, 5.74) is 0. The Hall–Kier alpha value is -1.94. The van der Waals surface area contributed by atoms with E-state index in [0.717, 1.165) is 114 Å². The van der Waals surface area contributed by atoms with E-state index in [-0.39, 0.29) is 25.7 Å².